The fraction of sp³-hybridized carbons (Fsp3) is 0.435. The van der Waals surface area contributed by atoms with Gasteiger partial charge in [0.1, 0.15) is 0 Å². The van der Waals surface area contributed by atoms with E-state index in [2.05, 4.69) is 34.5 Å². The van der Waals surface area contributed by atoms with Gasteiger partial charge >= 0.3 is 0 Å². The zero-order valence-corrected chi connectivity index (χ0v) is 16.8. The Balaban J connectivity index is 1.47. The highest BCUT2D eigenvalue weighted by molar-refractivity contribution is 5.81. The van der Waals surface area contributed by atoms with Gasteiger partial charge in [0.05, 0.1) is 7.11 Å². The van der Waals surface area contributed by atoms with Crippen molar-refractivity contribution in [3.63, 3.8) is 0 Å². The number of para-hydroxylation sites is 3. The van der Waals surface area contributed by atoms with E-state index in [4.69, 9.17) is 9.47 Å². The van der Waals surface area contributed by atoms with Crippen molar-refractivity contribution in [3.05, 3.63) is 54.1 Å². The summed E-state index contributed by atoms with van der Waals surface area (Å²) in [6.07, 6.45) is 3.33. The van der Waals surface area contributed by atoms with E-state index < -0.39 is 6.10 Å². The average Bonchev–Trinajstić information content (AvgIpc) is 2.75. The number of methoxy groups -OCH3 is 1. The summed E-state index contributed by atoms with van der Waals surface area (Å²) in [6, 6.07) is 16.0. The molecule has 1 unspecified atom stereocenters. The lowest BCUT2D eigenvalue weighted by molar-refractivity contribution is -0.128. The number of aryl methyl sites for hydroxylation is 1. The molecular formula is C23H30N2O3. The van der Waals surface area contributed by atoms with Crippen molar-refractivity contribution in [1.82, 2.24) is 5.32 Å². The van der Waals surface area contributed by atoms with Crippen LogP contribution in [0, 0.1) is 0 Å². The van der Waals surface area contributed by atoms with Crippen molar-refractivity contribution in [2.45, 2.75) is 38.7 Å². The minimum absolute atomic E-state index is 0.0764. The summed E-state index contributed by atoms with van der Waals surface area (Å²) in [7, 11) is 1.60. The number of anilines is 1. The summed E-state index contributed by atoms with van der Waals surface area (Å²) in [5, 5.41) is 3.02. The maximum atomic E-state index is 12.5. The molecule has 1 N–H and O–H groups in total. The zero-order chi connectivity index (χ0) is 19.8. The molecule has 0 aliphatic carbocycles. The number of nitrogens with zero attached hydrogens (tertiary/aromatic N) is 1. The normalized spacial score (nSPS) is 14.1. The lowest BCUT2D eigenvalue weighted by atomic mass is 10.0. The van der Waals surface area contributed by atoms with Gasteiger partial charge in [-0.1, -0.05) is 37.3 Å². The largest absolute Gasteiger partial charge is 0.493 e. The molecule has 0 saturated heterocycles. The molecule has 0 fully saturated rings. The average molecular weight is 383 g/mol. The van der Waals surface area contributed by atoms with Gasteiger partial charge in [-0.15, -0.1) is 0 Å². The zero-order valence-electron chi connectivity index (χ0n) is 16.8. The predicted molar refractivity (Wildman–Crippen MR) is 112 cm³/mol. The van der Waals surface area contributed by atoms with Crippen LogP contribution in [0.5, 0.6) is 11.5 Å². The molecule has 2 aromatic rings. The van der Waals surface area contributed by atoms with Crippen molar-refractivity contribution in [3.8, 4) is 11.5 Å². The number of fused-ring (bicyclic) bond motifs is 1. The number of carbonyl (C=O) groups is 1. The SMILES string of the molecule is CCC(Oc1ccccc1OC)C(=O)NCCCN1CCCc2ccccc21. The van der Waals surface area contributed by atoms with E-state index in [0.29, 0.717) is 24.5 Å². The molecule has 0 aromatic heterocycles. The smallest absolute Gasteiger partial charge is 0.261 e. The molecule has 1 aliphatic rings. The van der Waals surface area contributed by atoms with E-state index in [-0.39, 0.29) is 5.91 Å². The van der Waals surface area contributed by atoms with Crippen LogP contribution in [0.25, 0.3) is 0 Å². The van der Waals surface area contributed by atoms with E-state index in [0.717, 1.165) is 25.9 Å². The number of hydrogen-bond acceptors (Lipinski definition) is 4. The van der Waals surface area contributed by atoms with Crippen LogP contribution >= 0.6 is 0 Å². The molecule has 1 amide bonds. The van der Waals surface area contributed by atoms with Gasteiger partial charge in [0.25, 0.3) is 5.91 Å². The Labute approximate surface area is 167 Å². The molecule has 1 aliphatic heterocycles. The molecule has 150 valence electrons. The maximum Gasteiger partial charge on any atom is 0.261 e. The molecule has 3 rings (SSSR count). The lowest BCUT2D eigenvalue weighted by Crippen LogP contribution is -2.39. The Morgan fingerprint density at radius 3 is 2.68 bits per heavy atom. The van der Waals surface area contributed by atoms with Crippen LogP contribution in [0.2, 0.25) is 0 Å². The first-order chi connectivity index (χ1) is 13.7. The minimum atomic E-state index is -0.521. The van der Waals surface area contributed by atoms with Gasteiger partial charge < -0.3 is 19.7 Å². The first-order valence-corrected chi connectivity index (χ1v) is 10.1. The number of amides is 1. The summed E-state index contributed by atoms with van der Waals surface area (Å²) in [4.78, 5) is 15.0. The minimum Gasteiger partial charge on any atom is -0.493 e. The first kappa shape index (κ1) is 20.1. The fourth-order valence-electron chi connectivity index (χ4n) is 3.63. The van der Waals surface area contributed by atoms with Crippen LogP contribution < -0.4 is 19.7 Å². The highest BCUT2D eigenvalue weighted by atomic mass is 16.5. The van der Waals surface area contributed by atoms with E-state index in [1.807, 2.05) is 31.2 Å². The highest BCUT2D eigenvalue weighted by Gasteiger charge is 2.20. The molecule has 0 spiro atoms. The van der Waals surface area contributed by atoms with Gasteiger partial charge in [0.15, 0.2) is 17.6 Å². The molecule has 0 saturated carbocycles. The summed E-state index contributed by atoms with van der Waals surface area (Å²) in [5.74, 6) is 1.15. The second kappa shape index (κ2) is 10.0. The van der Waals surface area contributed by atoms with Crippen LogP contribution in [-0.4, -0.2) is 38.8 Å². The Hall–Kier alpha value is -2.69. The number of nitrogens with one attached hydrogen (secondary N) is 1. The van der Waals surface area contributed by atoms with Gasteiger partial charge in [-0.3, -0.25) is 4.79 Å². The molecule has 1 atom stereocenters. The molecule has 5 heteroatoms. The van der Waals surface area contributed by atoms with Gasteiger partial charge in [-0.2, -0.15) is 0 Å². The topological polar surface area (TPSA) is 50.8 Å². The van der Waals surface area contributed by atoms with E-state index in [1.165, 1.54) is 17.7 Å². The second-order valence-corrected chi connectivity index (χ2v) is 7.03. The number of rotatable bonds is 9. The van der Waals surface area contributed by atoms with Crippen molar-refractivity contribution in [2.75, 3.05) is 31.6 Å². The van der Waals surface area contributed by atoms with Crippen molar-refractivity contribution in [1.29, 1.82) is 0 Å². The highest BCUT2D eigenvalue weighted by Crippen LogP contribution is 2.28. The third-order valence-corrected chi connectivity index (χ3v) is 5.11. The number of benzene rings is 2. The van der Waals surface area contributed by atoms with Crippen molar-refractivity contribution >= 4 is 11.6 Å². The van der Waals surface area contributed by atoms with Gasteiger partial charge in [-0.05, 0) is 49.4 Å². The Morgan fingerprint density at radius 2 is 1.89 bits per heavy atom. The standard InChI is InChI=1S/C23H30N2O3/c1-3-20(28-22-14-7-6-13-21(22)27-2)23(26)24-15-9-17-25-16-8-11-18-10-4-5-12-19(18)25/h4-7,10,12-14,20H,3,8-9,11,15-17H2,1-2H3,(H,24,26). The molecule has 2 aromatic carbocycles. The van der Waals surface area contributed by atoms with Crippen LogP contribution in [0.15, 0.2) is 48.5 Å². The summed E-state index contributed by atoms with van der Waals surface area (Å²) >= 11 is 0. The monoisotopic (exact) mass is 382 g/mol. The van der Waals surface area contributed by atoms with Crippen molar-refractivity contribution < 1.29 is 14.3 Å². The molecule has 0 bridgehead atoms. The van der Waals surface area contributed by atoms with Gasteiger partial charge in [0, 0.05) is 25.3 Å². The second-order valence-electron chi connectivity index (χ2n) is 7.03. The lowest BCUT2D eigenvalue weighted by Gasteiger charge is -2.31. The summed E-state index contributed by atoms with van der Waals surface area (Å²) in [5.41, 5.74) is 2.76. The third kappa shape index (κ3) is 4.97. The summed E-state index contributed by atoms with van der Waals surface area (Å²) < 4.78 is 11.2. The predicted octanol–water partition coefficient (Wildman–Crippen LogP) is 3.81. The van der Waals surface area contributed by atoms with Crippen LogP contribution in [-0.2, 0) is 11.2 Å². The number of carbonyl (C=O) groups excluding carboxylic acids is 1. The van der Waals surface area contributed by atoms with Crippen LogP contribution in [0.3, 0.4) is 0 Å². The Morgan fingerprint density at radius 1 is 1.14 bits per heavy atom. The number of ether oxygens (including phenoxy) is 2. The van der Waals surface area contributed by atoms with Crippen LogP contribution in [0.4, 0.5) is 5.69 Å². The third-order valence-electron chi connectivity index (χ3n) is 5.11. The van der Waals surface area contributed by atoms with E-state index >= 15 is 0 Å². The summed E-state index contributed by atoms with van der Waals surface area (Å²) in [6.45, 7) is 4.62. The van der Waals surface area contributed by atoms with Crippen molar-refractivity contribution in [2.24, 2.45) is 0 Å². The van der Waals surface area contributed by atoms with Gasteiger partial charge in [0.2, 0.25) is 0 Å². The maximum absolute atomic E-state index is 12.5. The van der Waals surface area contributed by atoms with Crippen LogP contribution in [0.1, 0.15) is 31.7 Å². The Bertz CT molecular complexity index is 778. The van der Waals surface area contributed by atoms with Gasteiger partial charge in [-0.25, -0.2) is 0 Å². The first-order valence-electron chi connectivity index (χ1n) is 10.1. The van der Waals surface area contributed by atoms with E-state index in [1.54, 1.807) is 7.11 Å². The fourth-order valence-corrected chi connectivity index (χ4v) is 3.63. The molecule has 5 nitrogen and oxygen atoms in total. The molecule has 1 heterocycles. The quantitative estimate of drug-likeness (QED) is 0.670. The molecule has 0 radical (unpaired) electrons. The Kier molecular flexibility index (Phi) is 7.18. The molecule has 28 heavy (non-hydrogen) atoms. The molecular weight excluding hydrogens is 352 g/mol. The van der Waals surface area contributed by atoms with E-state index in [9.17, 15) is 4.79 Å². The number of hydrogen-bond donors (Lipinski definition) is 1.